The van der Waals surface area contributed by atoms with E-state index in [0.717, 1.165) is 22.5 Å². The van der Waals surface area contributed by atoms with Gasteiger partial charge in [0.1, 0.15) is 11.1 Å². The number of imide groups is 1. The van der Waals surface area contributed by atoms with Gasteiger partial charge in [-0.3, -0.25) is 24.5 Å². The molecule has 2 atom stereocenters. The molecule has 1 aromatic heterocycles. The molecular weight excluding hydrogens is 966 g/mol. The first kappa shape index (κ1) is 49.9. The summed E-state index contributed by atoms with van der Waals surface area (Å²) in [5.74, 6) is -4.75. The van der Waals surface area contributed by atoms with Crippen molar-refractivity contribution in [2.75, 3.05) is 36.9 Å². The predicted octanol–water partition coefficient (Wildman–Crippen LogP) is 5.74. The van der Waals surface area contributed by atoms with Crippen LogP contribution in [0.4, 0.5) is 16.2 Å². The highest BCUT2D eigenvalue weighted by Crippen LogP contribution is 2.46. The van der Waals surface area contributed by atoms with Crippen molar-refractivity contribution in [3.63, 3.8) is 0 Å². The maximum Gasteiger partial charge on any atom is 0.349 e. The van der Waals surface area contributed by atoms with Crippen LogP contribution in [0.5, 0.6) is 5.75 Å². The molecule has 370 valence electrons. The molecule has 8 rings (SSSR count). The molecule has 1 unspecified atom stereocenters. The number of piperidine rings is 3. The summed E-state index contributed by atoms with van der Waals surface area (Å²) in [6.45, 7) is 4.24. The molecule has 70 heavy (non-hydrogen) atoms. The summed E-state index contributed by atoms with van der Waals surface area (Å²) >= 11 is 7.39. The van der Waals surface area contributed by atoms with E-state index in [0.29, 0.717) is 71.7 Å². The lowest BCUT2D eigenvalue weighted by Crippen LogP contribution is -2.55. The molecule has 6 N–H and O–H groups in total. The van der Waals surface area contributed by atoms with Gasteiger partial charge in [-0.05, 0) is 98.5 Å². The van der Waals surface area contributed by atoms with E-state index in [1.807, 2.05) is 26.0 Å². The van der Waals surface area contributed by atoms with E-state index in [-0.39, 0.29) is 89.6 Å². The van der Waals surface area contributed by atoms with Crippen LogP contribution in [-0.4, -0.2) is 118 Å². The number of carbonyl (C=O) groups is 7. The summed E-state index contributed by atoms with van der Waals surface area (Å²) < 4.78 is 34.8. The molecule has 22 heteroatoms. The van der Waals surface area contributed by atoms with Gasteiger partial charge in [0.05, 0.1) is 10.6 Å². The minimum atomic E-state index is -3.83. The molecule has 0 radical (unpaired) electrons. The Morgan fingerprint density at radius 3 is 2.37 bits per heavy atom. The maximum atomic E-state index is 14.0. The molecule has 3 aromatic carbocycles. The van der Waals surface area contributed by atoms with Crippen LogP contribution < -0.4 is 26.0 Å². The van der Waals surface area contributed by atoms with Crippen LogP contribution in [0.3, 0.4) is 0 Å². The Kier molecular flexibility index (Phi) is 14.5. The standard InChI is InChI=1S/C48H52ClN7O12S2/c1-48(2)22-33(51-32-10-4-7-29(21-32)41-39(49)40(68-25-38(58)59)42(69-41)46(63)64)16-19-56(48)70(66,67)26-27-6-3-9-31(20-27)52-47(65)54-17-14-28(15-18-54)43(60)50-23-30-8-5-11-34-35(30)24-55(45(34)62)36-12-13-37(57)53-44(36)61/h3-11,20-21,28,33,36,51H,12-19,22-26H2,1-2H3,(H,50,60)(H,52,65)(H,58,59)(H,63,64)(H,53,57,61)/t33-,36?/m0/s1. The number of likely N-dealkylation sites (tertiary alicyclic amines) is 1. The predicted molar refractivity (Wildman–Crippen MR) is 259 cm³/mol. The molecule has 0 saturated carbocycles. The summed E-state index contributed by atoms with van der Waals surface area (Å²) in [5.41, 5.74) is 3.38. The highest BCUT2D eigenvalue weighted by Gasteiger charge is 2.42. The lowest BCUT2D eigenvalue weighted by Gasteiger charge is -2.45. The Hall–Kier alpha value is -6.55. The van der Waals surface area contributed by atoms with E-state index < -0.39 is 46.1 Å². The molecule has 3 fully saturated rings. The molecule has 0 aliphatic carbocycles. The molecule has 0 bridgehead atoms. The number of rotatable bonds is 15. The van der Waals surface area contributed by atoms with E-state index in [2.05, 4.69) is 21.3 Å². The number of sulfonamides is 1. The second-order valence-corrected chi connectivity index (χ2v) is 21.7. The van der Waals surface area contributed by atoms with Crippen molar-refractivity contribution in [1.29, 1.82) is 0 Å². The number of nitrogens with one attached hydrogen (secondary N) is 4. The number of carbonyl (C=O) groups excluding carboxylic acids is 5. The fourth-order valence-electron chi connectivity index (χ4n) is 9.71. The molecule has 5 heterocycles. The minimum Gasteiger partial charge on any atom is -0.479 e. The third kappa shape index (κ3) is 10.9. The van der Waals surface area contributed by atoms with E-state index in [1.54, 1.807) is 59.5 Å². The summed E-state index contributed by atoms with van der Waals surface area (Å²) in [4.78, 5) is 90.4. The Morgan fingerprint density at radius 1 is 0.929 bits per heavy atom. The molecule has 4 aromatic rings. The van der Waals surface area contributed by atoms with Gasteiger partial charge < -0.3 is 40.7 Å². The number of aliphatic carboxylic acids is 1. The van der Waals surface area contributed by atoms with Crippen molar-refractivity contribution >= 4 is 85.9 Å². The summed E-state index contributed by atoms with van der Waals surface area (Å²) in [7, 11) is -3.83. The topological polar surface area (TPSA) is 261 Å². The normalized spacial score (nSPS) is 19.6. The summed E-state index contributed by atoms with van der Waals surface area (Å²) in [6, 6.07) is 17.9. The number of hydrogen-bond donors (Lipinski definition) is 6. The Bertz CT molecular complexity index is 2880. The number of anilines is 2. The molecule has 3 saturated heterocycles. The van der Waals surface area contributed by atoms with E-state index in [4.69, 9.17) is 21.4 Å². The molecule has 4 aliphatic rings. The monoisotopic (exact) mass is 1020 g/mol. The zero-order valence-electron chi connectivity index (χ0n) is 38.3. The van der Waals surface area contributed by atoms with Gasteiger partial charge in [-0.25, -0.2) is 22.8 Å². The fraction of sp³-hybridized carbons (Fsp3) is 0.396. The zero-order valence-corrected chi connectivity index (χ0v) is 40.7. The van der Waals surface area contributed by atoms with Crippen LogP contribution in [-0.2, 0) is 48.0 Å². The number of nitrogens with zero attached hydrogens (tertiary/aromatic N) is 3. The summed E-state index contributed by atoms with van der Waals surface area (Å²) in [5, 5.41) is 30.4. The van der Waals surface area contributed by atoms with Crippen LogP contribution in [0.1, 0.15) is 89.1 Å². The number of carboxylic acids is 2. The maximum absolute atomic E-state index is 14.0. The number of halogens is 1. The lowest BCUT2D eigenvalue weighted by atomic mass is 9.89. The molecular formula is C48H52ClN7O12S2. The Labute approximate surface area is 412 Å². The van der Waals surface area contributed by atoms with Crippen molar-refractivity contribution in [3.05, 3.63) is 98.9 Å². The Morgan fingerprint density at radius 2 is 1.66 bits per heavy atom. The van der Waals surface area contributed by atoms with Crippen LogP contribution in [0.2, 0.25) is 5.02 Å². The zero-order chi connectivity index (χ0) is 50.1. The number of hydrogen-bond acceptors (Lipinski definition) is 12. The van der Waals surface area contributed by atoms with Gasteiger partial charge in [-0.15, -0.1) is 11.3 Å². The number of benzene rings is 3. The number of carboxylic acid groups (broad SMARTS) is 2. The molecule has 19 nitrogen and oxygen atoms in total. The third-order valence-corrected chi connectivity index (χ3v) is 16.8. The second-order valence-electron chi connectivity index (χ2n) is 18.4. The van der Waals surface area contributed by atoms with Gasteiger partial charge in [-0.1, -0.05) is 48.0 Å². The van der Waals surface area contributed by atoms with E-state index in [1.165, 1.54) is 9.21 Å². The van der Waals surface area contributed by atoms with Crippen LogP contribution >= 0.6 is 22.9 Å². The first-order valence-corrected chi connectivity index (χ1v) is 25.5. The molecule has 6 amide bonds. The number of ether oxygens (including phenoxy) is 1. The number of aromatic carboxylic acids is 1. The van der Waals surface area contributed by atoms with Crippen molar-refractivity contribution in [2.45, 2.75) is 88.8 Å². The first-order valence-electron chi connectivity index (χ1n) is 22.7. The molecule has 4 aliphatic heterocycles. The molecule has 0 spiro atoms. The highest BCUT2D eigenvalue weighted by atomic mass is 35.5. The van der Waals surface area contributed by atoms with Gasteiger partial charge in [0, 0.05) is 73.6 Å². The number of thiophene rings is 1. The van der Waals surface area contributed by atoms with Crippen LogP contribution in [0, 0.1) is 5.92 Å². The van der Waals surface area contributed by atoms with Gasteiger partial charge in [0.2, 0.25) is 27.7 Å². The van der Waals surface area contributed by atoms with Crippen LogP contribution in [0.25, 0.3) is 10.4 Å². The van der Waals surface area contributed by atoms with Crippen molar-refractivity contribution < 1.29 is 56.9 Å². The average molecular weight is 1020 g/mol. The second kappa shape index (κ2) is 20.4. The lowest BCUT2D eigenvalue weighted by molar-refractivity contribution is -0.139. The Balaban J connectivity index is 0.812. The average Bonchev–Trinajstić information content (AvgIpc) is 3.83. The number of urea groups is 1. The van der Waals surface area contributed by atoms with Gasteiger partial charge in [0.15, 0.2) is 17.2 Å². The van der Waals surface area contributed by atoms with Crippen molar-refractivity contribution in [3.8, 4) is 16.2 Å². The first-order chi connectivity index (χ1) is 33.3. The van der Waals surface area contributed by atoms with Crippen molar-refractivity contribution in [1.82, 2.24) is 24.7 Å². The smallest absolute Gasteiger partial charge is 0.349 e. The van der Waals surface area contributed by atoms with E-state index in [9.17, 15) is 47.1 Å². The largest absolute Gasteiger partial charge is 0.479 e. The SMILES string of the molecule is CC1(C)C[C@@H](Nc2cccc(-c3sc(C(=O)O)c(OCC(=O)O)c3Cl)c2)CCN1S(=O)(=O)Cc1cccc(NC(=O)N2CCC(C(=O)NCc3cccc4c3CN(C3CCC(=O)NC3=O)C4=O)CC2)c1. The van der Waals surface area contributed by atoms with Gasteiger partial charge in [-0.2, -0.15) is 4.31 Å². The quantitative estimate of drug-likeness (QED) is 0.0778. The highest BCUT2D eigenvalue weighted by molar-refractivity contribution is 7.88. The van der Waals surface area contributed by atoms with Crippen LogP contribution in [0.15, 0.2) is 66.7 Å². The van der Waals surface area contributed by atoms with Gasteiger partial charge >= 0.3 is 18.0 Å². The van der Waals surface area contributed by atoms with Crippen molar-refractivity contribution in [2.24, 2.45) is 5.92 Å². The number of fused-ring (bicyclic) bond motifs is 1. The fourth-order valence-corrected chi connectivity index (χ4v) is 13.1. The third-order valence-electron chi connectivity index (χ3n) is 13.1. The summed E-state index contributed by atoms with van der Waals surface area (Å²) in [6.07, 6.45) is 2.20. The number of amides is 6. The van der Waals surface area contributed by atoms with Gasteiger partial charge in [0.25, 0.3) is 5.91 Å². The minimum absolute atomic E-state index is 0.0106. The van der Waals surface area contributed by atoms with E-state index >= 15 is 0 Å².